The van der Waals surface area contributed by atoms with Crippen LogP contribution in [0.1, 0.15) is 34.7 Å². The number of rotatable bonds is 6. The van der Waals surface area contributed by atoms with Crippen molar-refractivity contribution in [2.75, 3.05) is 20.2 Å². The number of thiophene rings is 1. The lowest BCUT2D eigenvalue weighted by Gasteiger charge is -2.31. The third-order valence-corrected chi connectivity index (χ3v) is 6.09. The van der Waals surface area contributed by atoms with Crippen molar-refractivity contribution >= 4 is 17.1 Å². The molecule has 6 heteroatoms. The number of methoxy groups -OCH3 is 1. The first-order valence-electron chi connectivity index (χ1n) is 9.55. The highest BCUT2D eigenvalue weighted by molar-refractivity contribution is 7.13. The number of hydrogen-bond donors (Lipinski definition) is 0. The fourth-order valence-electron chi connectivity index (χ4n) is 3.72. The minimum atomic E-state index is 0.00447. The van der Waals surface area contributed by atoms with Gasteiger partial charge < -0.3 is 9.15 Å². The predicted molar refractivity (Wildman–Crippen MR) is 110 cm³/mol. The van der Waals surface area contributed by atoms with Crippen molar-refractivity contribution in [1.29, 1.82) is 0 Å². The molecule has 0 saturated carbocycles. The van der Waals surface area contributed by atoms with Crippen LogP contribution in [0.2, 0.25) is 0 Å². The smallest absolute Gasteiger partial charge is 0.236 e. The van der Waals surface area contributed by atoms with E-state index in [1.807, 2.05) is 48.7 Å². The Morgan fingerprint density at radius 2 is 2.25 bits per heavy atom. The molecule has 5 nitrogen and oxygen atoms in total. The molecule has 3 aromatic rings. The number of benzene rings is 1. The highest BCUT2D eigenvalue weighted by atomic mass is 32.1. The van der Waals surface area contributed by atoms with Crippen molar-refractivity contribution in [3.8, 4) is 16.5 Å². The molecule has 28 heavy (non-hydrogen) atoms. The maximum absolute atomic E-state index is 13.0. The van der Waals surface area contributed by atoms with E-state index >= 15 is 0 Å². The number of aryl methyl sites for hydroxylation is 1. The fraction of sp³-hybridized carbons (Fsp3) is 0.364. The summed E-state index contributed by atoms with van der Waals surface area (Å²) < 4.78 is 11.1. The number of Topliss-reactive ketones (excluding diaryl/α,β-unsaturated/α-hetero) is 1. The van der Waals surface area contributed by atoms with Gasteiger partial charge in [-0.3, -0.25) is 9.69 Å². The van der Waals surface area contributed by atoms with E-state index in [1.165, 1.54) is 0 Å². The van der Waals surface area contributed by atoms with E-state index in [0.717, 1.165) is 53.6 Å². The number of oxazole rings is 1. The summed E-state index contributed by atoms with van der Waals surface area (Å²) in [5.41, 5.74) is 1.68. The Bertz CT molecular complexity index is 949. The SMILES string of the molecule is COc1cccc(C(=O)C2CCCN(Cc3nc(-c4cccs4)oc3C)C2)c1. The topological polar surface area (TPSA) is 55.6 Å². The molecular formula is C22H24N2O3S. The number of hydrogen-bond acceptors (Lipinski definition) is 6. The summed E-state index contributed by atoms with van der Waals surface area (Å²) >= 11 is 1.62. The Labute approximate surface area is 169 Å². The highest BCUT2D eigenvalue weighted by Gasteiger charge is 2.28. The summed E-state index contributed by atoms with van der Waals surface area (Å²) in [6.45, 7) is 4.39. The van der Waals surface area contributed by atoms with Crippen molar-refractivity contribution in [2.24, 2.45) is 5.92 Å². The molecule has 0 spiro atoms. The number of likely N-dealkylation sites (tertiary alicyclic amines) is 1. The molecule has 1 aromatic carbocycles. The number of aromatic nitrogens is 1. The van der Waals surface area contributed by atoms with E-state index in [0.29, 0.717) is 12.4 Å². The molecule has 1 aliphatic rings. The Morgan fingerprint density at radius 3 is 3.04 bits per heavy atom. The van der Waals surface area contributed by atoms with Crippen LogP contribution in [-0.4, -0.2) is 35.9 Å². The van der Waals surface area contributed by atoms with Crippen LogP contribution < -0.4 is 4.74 Å². The molecule has 0 bridgehead atoms. The molecule has 0 N–H and O–H groups in total. The van der Waals surface area contributed by atoms with Gasteiger partial charge in [-0.15, -0.1) is 11.3 Å². The third-order valence-electron chi connectivity index (χ3n) is 5.23. The van der Waals surface area contributed by atoms with Gasteiger partial charge in [0.15, 0.2) is 5.78 Å². The number of ether oxygens (including phenoxy) is 1. The zero-order valence-corrected chi connectivity index (χ0v) is 17.0. The van der Waals surface area contributed by atoms with Gasteiger partial charge >= 0.3 is 0 Å². The van der Waals surface area contributed by atoms with Gasteiger partial charge in [-0.05, 0) is 49.9 Å². The number of carbonyl (C=O) groups is 1. The molecule has 146 valence electrons. The number of ketones is 1. The first-order chi connectivity index (χ1) is 13.6. The summed E-state index contributed by atoms with van der Waals surface area (Å²) in [6, 6.07) is 11.5. The first kappa shape index (κ1) is 18.9. The summed E-state index contributed by atoms with van der Waals surface area (Å²) in [5, 5.41) is 2.02. The van der Waals surface area contributed by atoms with Gasteiger partial charge in [-0.25, -0.2) is 4.98 Å². The summed E-state index contributed by atoms with van der Waals surface area (Å²) in [6.07, 6.45) is 1.93. The Balaban J connectivity index is 1.45. The monoisotopic (exact) mass is 396 g/mol. The summed E-state index contributed by atoms with van der Waals surface area (Å²) in [4.78, 5) is 21.0. The van der Waals surface area contributed by atoms with Crippen LogP contribution in [0.3, 0.4) is 0 Å². The quantitative estimate of drug-likeness (QED) is 0.560. The molecule has 1 aliphatic heterocycles. The lowest BCUT2D eigenvalue weighted by molar-refractivity contribution is 0.0809. The van der Waals surface area contributed by atoms with Gasteiger partial charge in [0.05, 0.1) is 17.7 Å². The maximum Gasteiger partial charge on any atom is 0.236 e. The normalized spacial score (nSPS) is 17.6. The number of nitrogens with zero attached hydrogens (tertiary/aromatic N) is 2. The van der Waals surface area contributed by atoms with Gasteiger partial charge in [0.25, 0.3) is 0 Å². The second-order valence-corrected chi connectivity index (χ2v) is 8.12. The zero-order valence-electron chi connectivity index (χ0n) is 16.2. The lowest BCUT2D eigenvalue weighted by Crippen LogP contribution is -2.38. The molecule has 0 radical (unpaired) electrons. The molecule has 4 rings (SSSR count). The van der Waals surface area contributed by atoms with Gasteiger partial charge in [0, 0.05) is 24.6 Å². The standard InChI is InChI=1S/C22H24N2O3S/c1-15-19(23-22(27-15)20-9-5-11-28-20)14-24-10-4-7-17(13-24)21(25)16-6-3-8-18(12-16)26-2/h3,5-6,8-9,11-12,17H,4,7,10,13-14H2,1-2H3. The average Bonchev–Trinajstić information content (AvgIpc) is 3.38. The van der Waals surface area contributed by atoms with Gasteiger partial charge in [-0.2, -0.15) is 0 Å². The molecule has 1 fully saturated rings. The minimum absolute atomic E-state index is 0.00447. The third kappa shape index (κ3) is 4.03. The molecular weight excluding hydrogens is 372 g/mol. The van der Waals surface area contributed by atoms with Crippen LogP contribution in [-0.2, 0) is 6.54 Å². The van der Waals surface area contributed by atoms with Gasteiger partial charge in [-0.1, -0.05) is 18.2 Å². The molecule has 0 aliphatic carbocycles. The molecule has 1 unspecified atom stereocenters. The van der Waals surface area contributed by atoms with Crippen LogP contribution in [0.5, 0.6) is 5.75 Å². The maximum atomic E-state index is 13.0. The second-order valence-electron chi connectivity index (χ2n) is 7.17. The van der Waals surface area contributed by atoms with Crippen LogP contribution >= 0.6 is 11.3 Å². The number of carbonyl (C=O) groups excluding carboxylic acids is 1. The molecule has 0 amide bonds. The van der Waals surface area contributed by atoms with Crippen LogP contribution in [0.4, 0.5) is 0 Å². The van der Waals surface area contributed by atoms with Crippen LogP contribution in [0.25, 0.3) is 10.8 Å². The summed E-state index contributed by atoms with van der Waals surface area (Å²) in [5.74, 6) is 2.45. The Kier molecular flexibility index (Phi) is 5.59. The predicted octanol–water partition coefficient (Wildman–Crippen LogP) is 4.82. The van der Waals surface area contributed by atoms with Crippen LogP contribution in [0.15, 0.2) is 46.2 Å². The Morgan fingerprint density at radius 1 is 1.36 bits per heavy atom. The van der Waals surface area contributed by atoms with Crippen molar-refractivity contribution in [3.05, 3.63) is 58.8 Å². The van der Waals surface area contributed by atoms with E-state index in [9.17, 15) is 4.79 Å². The summed E-state index contributed by atoms with van der Waals surface area (Å²) in [7, 11) is 1.62. The lowest BCUT2D eigenvalue weighted by atomic mass is 9.90. The fourth-order valence-corrected chi connectivity index (χ4v) is 4.37. The molecule has 1 saturated heterocycles. The van der Waals surface area contributed by atoms with E-state index < -0.39 is 0 Å². The number of piperidine rings is 1. The van der Waals surface area contributed by atoms with E-state index in [1.54, 1.807) is 18.4 Å². The van der Waals surface area contributed by atoms with Crippen molar-refractivity contribution in [3.63, 3.8) is 0 Å². The minimum Gasteiger partial charge on any atom is -0.497 e. The van der Waals surface area contributed by atoms with Crippen LogP contribution in [0, 0.1) is 12.8 Å². The van der Waals surface area contributed by atoms with Gasteiger partial charge in [0.2, 0.25) is 5.89 Å². The van der Waals surface area contributed by atoms with Crippen molar-refractivity contribution in [1.82, 2.24) is 9.88 Å². The van der Waals surface area contributed by atoms with Crippen molar-refractivity contribution in [2.45, 2.75) is 26.3 Å². The molecule has 2 aromatic heterocycles. The van der Waals surface area contributed by atoms with Crippen molar-refractivity contribution < 1.29 is 13.9 Å². The zero-order chi connectivity index (χ0) is 19.5. The van der Waals surface area contributed by atoms with Gasteiger partial charge in [0.1, 0.15) is 11.5 Å². The molecule has 1 atom stereocenters. The second kappa shape index (κ2) is 8.29. The average molecular weight is 397 g/mol. The molecule has 3 heterocycles. The Hall–Kier alpha value is -2.44. The van der Waals surface area contributed by atoms with E-state index in [-0.39, 0.29) is 11.7 Å². The van der Waals surface area contributed by atoms with E-state index in [4.69, 9.17) is 14.1 Å². The largest absolute Gasteiger partial charge is 0.497 e. The van der Waals surface area contributed by atoms with E-state index in [2.05, 4.69) is 4.90 Å². The first-order valence-corrected chi connectivity index (χ1v) is 10.4. The highest BCUT2D eigenvalue weighted by Crippen LogP contribution is 2.28.